The largest absolute Gasteiger partial charge is 0.355 e. The van der Waals surface area contributed by atoms with Crippen LogP contribution in [0.5, 0.6) is 0 Å². The lowest BCUT2D eigenvalue weighted by Crippen LogP contribution is -2.46. The number of halogens is 2. The first-order chi connectivity index (χ1) is 10.6. The minimum absolute atomic E-state index is 0. The predicted octanol–water partition coefficient (Wildman–Crippen LogP) is 2.07. The van der Waals surface area contributed by atoms with Crippen molar-refractivity contribution in [3.8, 4) is 0 Å². The Bertz CT molecular complexity index is 525. The number of likely N-dealkylation sites (tertiary alicyclic amines) is 1. The van der Waals surface area contributed by atoms with Crippen LogP contribution < -0.4 is 11.1 Å². The topological polar surface area (TPSA) is 75.4 Å². The quantitative estimate of drug-likeness (QED) is 0.794. The van der Waals surface area contributed by atoms with Crippen molar-refractivity contribution in [1.82, 2.24) is 10.2 Å². The summed E-state index contributed by atoms with van der Waals surface area (Å²) in [5, 5.41) is 2.81. The first-order valence-electron chi connectivity index (χ1n) is 7.60. The fraction of sp³-hybridized carbons (Fsp3) is 0.600. The van der Waals surface area contributed by atoms with Gasteiger partial charge in [0.05, 0.1) is 10.3 Å². The zero-order valence-corrected chi connectivity index (χ0v) is 15.3. The van der Waals surface area contributed by atoms with Crippen LogP contribution in [0.3, 0.4) is 0 Å². The Morgan fingerprint density at radius 3 is 2.87 bits per heavy atom. The van der Waals surface area contributed by atoms with Gasteiger partial charge in [0.1, 0.15) is 0 Å². The molecule has 1 unspecified atom stereocenters. The number of nitrogens with two attached hydrogens (primary N) is 1. The highest BCUT2D eigenvalue weighted by molar-refractivity contribution is 7.16. The number of hydrogen-bond donors (Lipinski definition) is 2. The van der Waals surface area contributed by atoms with Crippen LogP contribution in [0.25, 0.3) is 0 Å². The minimum atomic E-state index is -0.111. The summed E-state index contributed by atoms with van der Waals surface area (Å²) in [4.78, 5) is 27.2. The summed E-state index contributed by atoms with van der Waals surface area (Å²) >= 11 is 7.40. The Kier molecular flexibility index (Phi) is 8.91. The Morgan fingerprint density at radius 2 is 2.22 bits per heavy atom. The molecule has 2 heterocycles. The fourth-order valence-electron chi connectivity index (χ4n) is 2.63. The molecule has 3 N–H and O–H groups in total. The molecular weight excluding hydrogens is 357 g/mol. The van der Waals surface area contributed by atoms with Gasteiger partial charge < -0.3 is 16.0 Å². The summed E-state index contributed by atoms with van der Waals surface area (Å²) in [5.74, 6) is 0.00858. The molecule has 1 aliphatic heterocycles. The molecule has 0 saturated carbocycles. The van der Waals surface area contributed by atoms with Gasteiger partial charge in [0.15, 0.2) is 0 Å². The molecule has 8 heteroatoms. The van der Waals surface area contributed by atoms with Gasteiger partial charge in [0.2, 0.25) is 11.8 Å². The molecule has 0 bridgehead atoms. The van der Waals surface area contributed by atoms with Crippen molar-refractivity contribution in [3.63, 3.8) is 0 Å². The molecule has 23 heavy (non-hydrogen) atoms. The second kappa shape index (κ2) is 10.1. The van der Waals surface area contributed by atoms with E-state index in [4.69, 9.17) is 17.3 Å². The molecule has 1 aromatic rings. The van der Waals surface area contributed by atoms with E-state index < -0.39 is 0 Å². The molecule has 5 nitrogen and oxygen atoms in total. The van der Waals surface area contributed by atoms with Crippen molar-refractivity contribution in [3.05, 3.63) is 21.3 Å². The van der Waals surface area contributed by atoms with Gasteiger partial charge in [-0.25, -0.2) is 0 Å². The van der Waals surface area contributed by atoms with Crippen LogP contribution in [-0.4, -0.2) is 42.9 Å². The zero-order chi connectivity index (χ0) is 15.9. The maximum Gasteiger partial charge on any atom is 0.224 e. The van der Waals surface area contributed by atoms with Gasteiger partial charge in [0.25, 0.3) is 0 Å². The maximum absolute atomic E-state index is 12.3. The molecule has 1 aliphatic rings. The number of nitrogens with zero attached hydrogens (tertiary/aromatic N) is 1. The van der Waals surface area contributed by atoms with E-state index in [2.05, 4.69) is 5.32 Å². The van der Waals surface area contributed by atoms with Gasteiger partial charge in [-0.1, -0.05) is 11.6 Å². The van der Waals surface area contributed by atoms with Crippen molar-refractivity contribution in [2.24, 2.45) is 11.7 Å². The van der Waals surface area contributed by atoms with E-state index in [1.54, 1.807) is 0 Å². The Hall–Kier alpha value is -0.820. The summed E-state index contributed by atoms with van der Waals surface area (Å²) in [6.07, 6.45) is 2.88. The molecule has 1 fully saturated rings. The van der Waals surface area contributed by atoms with Crippen molar-refractivity contribution < 1.29 is 9.59 Å². The van der Waals surface area contributed by atoms with E-state index in [1.807, 2.05) is 17.0 Å². The summed E-state index contributed by atoms with van der Waals surface area (Å²) in [5.41, 5.74) is 5.39. The van der Waals surface area contributed by atoms with Gasteiger partial charge in [-0.2, -0.15) is 0 Å². The first-order valence-corrected chi connectivity index (χ1v) is 8.79. The third-order valence-electron chi connectivity index (χ3n) is 3.80. The van der Waals surface area contributed by atoms with Crippen LogP contribution in [0.4, 0.5) is 0 Å². The highest BCUT2D eigenvalue weighted by Gasteiger charge is 2.27. The second-order valence-corrected chi connectivity index (χ2v) is 7.26. The van der Waals surface area contributed by atoms with Crippen LogP contribution >= 0.6 is 35.3 Å². The number of carbonyl (C=O) groups is 2. The highest BCUT2D eigenvalue weighted by atomic mass is 35.5. The predicted molar refractivity (Wildman–Crippen MR) is 96.3 cm³/mol. The molecule has 1 aromatic heterocycles. The number of piperidine rings is 1. The lowest BCUT2D eigenvalue weighted by atomic mass is 9.96. The third-order valence-corrected chi connectivity index (χ3v) is 5.09. The van der Waals surface area contributed by atoms with Crippen molar-refractivity contribution >= 4 is 47.2 Å². The molecule has 0 spiro atoms. The molecule has 1 atom stereocenters. The van der Waals surface area contributed by atoms with Crippen LogP contribution in [-0.2, 0) is 16.0 Å². The van der Waals surface area contributed by atoms with Gasteiger partial charge >= 0.3 is 0 Å². The van der Waals surface area contributed by atoms with E-state index in [0.717, 1.165) is 28.6 Å². The molecule has 0 aliphatic carbocycles. The number of amides is 2. The molecule has 0 radical (unpaired) electrons. The van der Waals surface area contributed by atoms with Gasteiger partial charge in [-0.3, -0.25) is 9.59 Å². The Morgan fingerprint density at radius 1 is 1.43 bits per heavy atom. The van der Waals surface area contributed by atoms with Gasteiger partial charge in [-0.15, -0.1) is 23.7 Å². The summed E-state index contributed by atoms with van der Waals surface area (Å²) < 4.78 is 0.747. The average molecular weight is 380 g/mol. The van der Waals surface area contributed by atoms with Crippen molar-refractivity contribution in [2.75, 3.05) is 26.2 Å². The van der Waals surface area contributed by atoms with Crippen molar-refractivity contribution in [2.45, 2.75) is 25.7 Å². The van der Waals surface area contributed by atoms with E-state index >= 15 is 0 Å². The van der Waals surface area contributed by atoms with Gasteiger partial charge in [0, 0.05) is 37.5 Å². The zero-order valence-electron chi connectivity index (χ0n) is 12.9. The van der Waals surface area contributed by atoms with Crippen molar-refractivity contribution in [1.29, 1.82) is 0 Å². The molecule has 0 aromatic carbocycles. The smallest absolute Gasteiger partial charge is 0.224 e. The van der Waals surface area contributed by atoms with E-state index in [-0.39, 0.29) is 30.1 Å². The number of hydrogen-bond acceptors (Lipinski definition) is 4. The van der Waals surface area contributed by atoms with E-state index in [9.17, 15) is 9.59 Å². The minimum Gasteiger partial charge on any atom is -0.355 e. The molecule has 1 saturated heterocycles. The second-order valence-electron chi connectivity index (χ2n) is 5.46. The standard InChI is InChI=1S/C15H22ClN3O2S.ClH/c16-13-5-3-12(22-13)4-6-14(20)19-9-1-2-11(10-19)15(21)18-8-7-17;/h3,5,11H,1-2,4,6-10,17H2,(H,18,21);1H. The average Bonchev–Trinajstić information content (AvgIpc) is 2.96. The SMILES string of the molecule is Cl.NCCNC(=O)C1CCCN(C(=O)CCc2ccc(Cl)s2)C1. The molecular formula is C15H23Cl2N3O2S. The van der Waals surface area contributed by atoms with E-state index in [1.165, 1.54) is 11.3 Å². The lowest BCUT2D eigenvalue weighted by molar-refractivity contribution is -0.135. The third kappa shape index (κ3) is 6.30. The number of thiophene rings is 1. The van der Waals surface area contributed by atoms with Crippen LogP contribution in [0.1, 0.15) is 24.1 Å². The van der Waals surface area contributed by atoms with E-state index in [0.29, 0.717) is 32.5 Å². The maximum atomic E-state index is 12.3. The number of aryl methyl sites for hydroxylation is 1. The van der Waals surface area contributed by atoms with Crippen LogP contribution in [0, 0.1) is 5.92 Å². The molecule has 130 valence electrons. The number of rotatable bonds is 6. The molecule has 2 rings (SSSR count). The summed E-state index contributed by atoms with van der Waals surface area (Å²) in [6, 6.07) is 3.81. The summed E-state index contributed by atoms with van der Waals surface area (Å²) in [7, 11) is 0. The van der Waals surface area contributed by atoms with Crippen LogP contribution in [0.2, 0.25) is 4.34 Å². The Labute approximate surface area is 152 Å². The van der Waals surface area contributed by atoms with Gasteiger partial charge in [-0.05, 0) is 31.4 Å². The number of nitrogens with one attached hydrogen (secondary N) is 1. The number of carbonyl (C=O) groups excluding carboxylic acids is 2. The first kappa shape index (κ1) is 20.2. The lowest BCUT2D eigenvalue weighted by Gasteiger charge is -2.32. The summed E-state index contributed by atoms with van der Waals surface area (Å²) in [6.45, 7) is 2.18. The fourth-order valence-corrected chi connectivity index (χ4v) is 3.72. The molecule has 2 amide bonds. The highest BCUT2D eigenvalue weighted by Crippen LogP contribution is 2.23. The monoisotopic (exact) mass is 379 g/mol. The Balaban J connectivity index is 0.00000264. The van der Waals surface area contributed by atoms with Crippen LogP contribution in [0.15, 0.2) is 12.1 Å². The normalized spacial score (nSPS) is 17.5.